The number of nitrogens with zero attached hydrogens (tertiary/aromatic N) is 3. The molecular weight excluding hydrogens is 318 g/mol. The summed E-state index contributed by atoms with van der Waals surface area (Å²) in [5, 5.41) is 5.85. The van der Waals surface area contributed by atoms with Gasteiger partial charge in [0.25, 0.3) is 5.91 Å². The summed E-state index contributed by atoms with van der Waals surface area (Å²) >= 11 is 0. The van der Waals surface area contributed by atoms with Crippen molar-refractivity contribution in [1.82, 2.24) is 9.97 Å². The van der Waals surface area contributed by atoms with Gasteiger partial charge in [-0.3, -0.25) is 4.79 Å². The van der Waals surface area contributed by atoms with E-state index in [1.807, 2.05) is 55.4 Å². The highest BCUT2D eigenvalue weighted by atomic mass is 16.3. The van der Waals surface area contributed by atoms with Gasteiger partial charge in [-0.25, -0.2) is 9.97 Å². The summed E-state index contributed by atoms with van der Waals surface area (Å²) in [4.78, 5) is 22.7. The molecule has 0 atom stereocenters. The highest BCUT2D eigenvalue weighted by Gasteiger charge is 2.10. The van der Waals surface area contributed by atoms with Gasteiger partial charge in [0.15, 0.2) is 0 Å². The Labute approximate surface area is 145 Å². The van der Waals surface area contributed by atoms with Gasteiger partial charge in [-0.15, -0.1) is 0 Å². The molecular formula is C18H19N5O2. The van der Waals surface area contributed by atoms with Crippen LogP contribution in [0.25, 0.3) is 0 Å². The van der Waals surface area contributed by atoms with Crippen LogP contribution >= 0.6 is 0 Å². The molecule has 25 heavy (non-hydrogen) atoms. The zero-order valence-corrected chi connectivity index (χ0v) is 14.1. The van der Waals surface area contributed by atoms with Crippen LogP contribution in [0, 0.1) is 0 Å². The molecule has 128 valence electrons. The first-order chi connectivity index (χ1) is 12.1. The van der Waals surface area contributed by atoms with Crippen molar-refractivity contribution in [1.29, 1.82) is 0 Å². The van der Waals surface area contributed by atoms with Crippen LogP contribution in [0.5, 0.6) is 0 Å². The van der Waals surface area contributed by atoms with E-state index in [2.05, 4.69) is 20.6 Å². The lowest BCUT2D eigenvalue weighted by molar-refractivity contribution is 0.102. The minimum absolute atomic E-state index is 0.286. The molecule has 2 heterocycles. The Balaban J connectivity index is 1.64. The van der Waals surface area contributed by atoms with Crippen LogP contribution in [0.4, 0.5) is 17.3 Å². The molecule has 0 aliphatic heterocycles. The third-order valence-corrected chi connectivity index (χ3v) is 3.53. The lowest BCUT2D eigenvalue weighted by atomic mass is 10.2. The number of aromatic nitrogens is 2. The van der Waals surface area contributed by atoms with Crippen molar-refractivity contribution < 1.29 is 9.21 Å². The summed E-state index contributed by atoms with van der Waals surface area (Å²) in [5.41, 5.74) is 2.05. The molecule has 1 aromatic carbocycles. The molecule has 0 saturated carbocycles. The molecule has 7 heteroatoms. The van der Waals surface area contributed by atoms with Gasteiger partial charge in [0.05, 0.1) is 12.8 Å². The quantitative estimate of drug-likeness (QED) is 0.719. The molecule has 2 N–H and O–H groups in total. The van der Waals surface area contributed by atoms with Crippen molar-refractivity contribution in [2.24, 2.45) is 0 Å². The number of anilines is 3. The van der Waals surface area contributed by atoms with E-state index in [0.717, 1.165) is 11.4 Å². The zero-order valence-electron chi connectivity index (χ0n) is 14.1. The number of carbonyl (C=O) groups is 1. The van der Waals surface area contributed by atoms with Crippen LogP contribution in [-0.4, -0.2) is 30.0 Å². The molecule has 0 bridgehead atoms. The van der Waals surface area contributed by atoms with E-state index in [0.29, 0.717) is 18.2 Å². The minimum Gasteiger partial charge on any atom is -0.467 e. The fourth-order valence-corrected chi connectivity index (χ4v) is 2.19. The second-order valence-electron chi connectivity index (χ2n) is 5.59. The molecule has 0 spiro atoms. The Morgan fingerprint density at radius 3 is 2.64 bits per heavy atom. The van der Waals surface area contributed by atoms with Gasteiger partial charge in [-0.1, -0.05) is 0 Å². The lowest BCUT2D eigenvalue weighted by Crippen LogP contribution is -2.15. The van der Waals surface area contributed by atoms with Gasteiger partial charge in [0.1, 0.15) is 11.5 Å². The van der Waals surface area contributed by atoms with E-state index in [1.54, 1.807) is 18.5 Å². The maximum absolute atomic E-state index is 12.4. The van der Waals surface area contributed by atoms with E-state index >= 15 is 0 Å². The summed E-state index contributed by atoms with van der Waals surface area (Å²) in [6.07, 6.45) is 3.14. The van der Waals surface area contributed by atoms with E-state index in [1.165, 1.54) is 0 Å². The second-order valence-corrected chi connectivity index (χ2v) is 5.59. The summed E-state index contributed by atoms with van der Waals surface area (Å²) in [6, 6.07) is 12.8. The number of hydrogen-bond acceptors (Lipinski definition) is 6. The molecule has 1 amide bonds. The highest BCUT2D eigenvalue weighted by Crippen LogP contribution is 2.16. The van der Waals surface area contributed by atoms with Crippen LogP contribution in [0.2, 0.25) is 0 Å². The Morgan fingerprint density at radius 2 is 1.96 bits per heavy atom. The predicted molar refractivity (Wildman–Crippen MR) is 96.8 cm³/mol. The molecule has 0 aliphatic carbocycles. The summed E-state index contributed by atoms with van der Waals surface area (Å²) in [5.74, 6) is 0.840. The Bertz CT molecular complexity index is 829. The average molecular weight is 337 g/mol. The normalized spacial score (nSPS) is 10.3. The first kappa shape index (κ1) is 16.5. The zero-order chi connectivity index (χ0) is 17.6. The SMILES string of the molecule is CN(C)c1ccc(NC(=O)c2ccnc(NCc3ccco3)n2)cc1. The summed E-state index contributed by atoms with van der Waals surface area (Å²) in [6.45, 7) is 0.448. The van der Waals surface area contributed by atoms with Crippen molar-refractivity contribution >= 4 is 23.2 Å². The number of furan rings is 1. The molecule has 7 nitrogen and oxygen atoms in total. The van der Waals surface area contributed by atoms with Crippen LogP contribution in [-0.2, 0) is 6.54 Å². The number of hydrogen-bond donors (Lipinski definition) is 2. The van der Waals surface area contributed by atoms with Crippen molar-refractivity contribution in [3.8, 4) is 0 Å². The first-order valence-corrected chi connectivity index (χ1v) is 7.80. The van der Waals surface area contributed by atoms with E-state index < -0.39 is 0 Å². The van der Waals surface area contributed by atoms with Gasteiger partial charge in [-0.05, 0) is 42.5 Å². The van der Waals surface area contributed by atoms with Gasteiger partial charge in [0.2, 0.25) is 5.95 Å². The number of nitrogens with one attached hydrogen (secondary N) is 2. The Morgan fingerprint density at radius 1 is 1.16 bits per heavy atom. The van der Waals surface area contributed by atoms with Crippen LogP contribution in [0.1, 0.15) is 16.2 Å². The maximum atomic E-state index is 12.4. The third kappa shape index (κ3) is 4.35. The maximum Gasteiger partial charge on any atom is 0.274 e. The highest BCUT2D eigenvalue weighted by molar-refractivity contribution is 6.03. The van der Waals surface area contributed by atoms with E-state index in [-0.39, 0.29) is 11.6 Å². The first-order valence-electron chi connectivity index (χ1n) is 7.80. The number of rotatable bonds is 6. The second kappa shape index (κ2) is 7.48. The smallest absolute Gasteiger partial charge is 0.274 e. The van der Waals surface area contributed by atoms with Crippen LogP contribution in [0.15, 0.2) is 59.3 Å². The lowest BCUT2D eigenvalue weighted by Gasteiger charge is -2.13. The van der Waals surface area contributed by atoms with E-state index in [4.69, 9.17) is 4.42 Å². The molecule has 3 aromatic rings. The number of amides is 1. The fourth-order valence-electron chi connectivity index (χ4n) is 2.19. The van der Waals surface area contributed by atoms with Crippen molar-refractivity contribution in [3.05, 3.63) is 66.4 Å². The van der Waals surface area contributed by atoms with Gasteiger partial charge < -0.3 is 20.0 Å². The molecule has 0 fully saturated rings. The third-order valence-electron chi connectivity index (χ3n) is 3.53. The standard InChI is InChI=1S/C18H19N5O2/c1-23(2)14-7-5-13(6-8-14)21-17(24)16-9-10-19-18(22-16)20-12-15-4-3-11-25-15/h3-11H,12H2,1-2H3,(H,21,24)(H,19,20,22). The average Bonchev–Trinajstić information content (AvgIpc) is 3.14. The molecule has 0 aliphatic rings. The Kier molecular flexibility index (Phi) is 4.94. The van der Waals surface area contributed by atoms with E-state index in [9.17, 15) is 4.79 Å². The summed E-state index contributed by atoms with van der Waals surface area (Å²) in [7, 11) is 3.93. The number of carbonyl (C=O) groups excluding carboxylic acids is 1. The minimum atomic E-state index is -0.291. The largest absolute Gasteiger partial charge is 0.467 e. The van der Waals surface area contributed by atoms with Gasteiger partial charge in [0, 0.05) is 31.7 Å². The van der Waals surface area contributed by atoms with Crippen molar-refractivity contribution in [2.75, 3.05) is 29.6 Å². The molecule has 0 saturated heterocycles. The summed E-state index contributed by atoms with van der Waals surface area (Å²) < 4.78 is 5.24. The fraction of sp³-hybridized carbons (Fsp3) is 0.167. The topological polar surface area (TPSA) is 83.3 Å². The monoisotopic (exact) mass is 337 g/mol. The van der Waals surface area contributed by atoms with Gasteiger partial charge >= 0.3 is 0 Å². The van der Waals surface area contributed by atoms with Gasteiger partial charge in [-0.2, -0.15) is 0 Å². The predicted octanol–water partition coefficient (Wildman–Crippen LogP) is 3.00. The van der Waals surface area contributed by atoms with Crippen molar-refractivity contribution in [2.45, 2.75) is 6.54 Å². The Hall–Kier alpha value is -3.35. The molecule has 2 aromatic heterocycles. The molecule has 0 radical (unpaired) electrons. The van der Waals surface area contributed by atoms with Crippen LogP contribution < -0.4 is 15.5 Å². The number of benzene rings is 1. The van der Waals surface area contributed by atoms with Crippen LogP contribution in [0.3, 0.4) is 0 Å². The molecule has 3 rings (SSSR count). The van der Waals surface area contributed by atoms with Crippen molar-refractivity contribution in [3.63, 3.8) is 0 Å². The molecule has 0 unspecified atom stereocenters.